The van der Waals surface area contributed by atoms with Crippen LogP contribution in [0, 0.1) is 11.8 Å². The van der Waals surface area contributed by atoms with E-state index >= 15 is 0 Å². The normalized spacial score (nSPS) is 18.3. The Bertz CT molecular complexity index is 161. The highest BCUT2D eigenvalue weighted by Gasteiger charge is 2.23. The molecule has 0 heterocycles. The molecule has 1 atom stereocenters. The van der Waals surface area contributed by atoms with Crippen molar-refractivity contribution in [3.05, 3.63) is 0 Å². The van der Waals surface area contributed by atoms with Crippen LogP contribution in [0.4, 0.5) is 0 Å². The second-order valence-electron chi connectivity index (χ2n) is 4.25. The largest absolute Gasteiger partial charge is 0.469 e. The average Bonchev–Trinajstić information content (AvgIpc) is 2.88. The van der Waals surface area contributed by atoms with E-state index in [1.807, 2.05) is 0 Å². The zero-order chi connectivity index (χ0) is 9.68. The minimum Gasteiger partial charge on any atom is -0.469 e. The smallest absolute Gasteiger partial charge is 0.305 e. The van der Waals surface area contributed by atoms with Crippen LogP contribution in [0.2, 0.25) is 0 Å². The van der Waals surface area contributed by atoms with E-state index in [1.54, 1.807) is 0 Å². The van der Waals surface area contributed by atoms with Crippen LogP contribution in [-0.4, -0.2) is 13.1 Å². The minimum atomic E-state index is -0.0707. The Morgan fingerprint density at radius 1 is 1.54 bits per heavy atom. The van der Waals surface area contributed by atoms with E-state index in [1.165, 1.54) is 32.8 Å². The summed E-state index contributed by atoms with van der Waals surface area (Å²) >= 11 is 0. The predicted octanol–water partition coefficient (Wildman–Crippen LogP) is 2.77. The molecule has 2 nitrogen and oxygen atoms in total. The summed E-state index contributed by atoms with van der Waals surface area (Å²) in [6.45, 7) is 2.29. The lowest BCUT2D eigenvalue weighted by Gasteiger charge is -2.09. The lowest BCUT2D eigenvalue weighted by molar-refractivity contribution is -0.140. The first kappa shape index (κ1) is 10.6. The Labute approximate surface area is 80.7 Å². The van der Waals surface area contributed by atoms with Crippen molar-refractivity contribution in [2.45, 2.75) is 45.4 Å². The number of hydrogen-bond donors (Lipinski definition) is 0. The summed E-state index contributed by atoms with van der Waals surface area (Å²) in [4.78, 5) is 10.8. The number of esters is 1. The van der Waals surface area contributed by atoms with Gasteiger partial charge in [0, 0.05) is 6.42 Å². The molecule has 0 aromatic heterocycles. The van der Waals surface area contributed by atoms with E-state index < -0.39 is 0 Å². The summed E-state index contributed by atoms with van der Waals surface area (Å²) in [7, 11) is 1.45. The molecule has 0 N–H and O–H groups in total. The van der Waals surface area contributed by atoms with Gasteiger partial charge in [-0.05, 0) is 24.7 Å². The number of hydrogen-bond acceptors (Lipinski definition) is 2. The number of rotatable bonds is 6. The van der Waals surface area contributed by atoms with E-state index in [0.29, 0.717) is 6.42 Å². The monoisotopic (exact) mass is 184 g/mol. The summed E-state index contributed by atoms with van der Waals surface area (Å²) in [6, 6.07) is 0. The molecule has 1 unspecified atom stereocenters. The maximum Gasteiger partial charge on any atom is 0.305 e. The molecule has 0 aromatic rings. The standard InChI is InChI=1S/C11H20O2/c1-9(8-10-6-7-10)4-3-5-11(12)13-2/h9-10H,3-8H2,1-2H3. The van der Waals surface area contributed by atoms with Crippen LogP contribution in [0.1, 0.15) is 45.4 Å². The molecule has 1 aliphatic carbocycles. The van der Waals surface area contributed by atoms with Gasteiger partial charge in [0.2, 0.25) is 0 Å². The highest BCUT2D eigenvalue weighted by atomic mass is 16.5. The first-order valence-corrected chi connectivity index (χ1v) is 5.29. The van der Waals surface area contributed by atoms with Crippen molar-refractivity contribution in [1.29, 1.82) is 0 Å². The fourth-order valence-electron chi connectivity index (χ4n) is 1.74. The molecule has 76 valence electrons. The highest BCUT2D eigenvalue weighted by Crippen LogP contribution is 2.36. The molecule has 1 fully saturated rings. The fourth-order valence-corrected chi connectivity index (χ4v) is 1.74. The number of ether oxygens (including phenoxy) is 1. The zero-order valence-electron chi connectivity index (χ0n) is 8.71. The van der Waals surface area contributed by atoms with Crippen LogP contribution in [-0.2, 0) is 9.53 Å². The van der Waals surface area contributed by atoms with Crippen LogP contribution in [0.15, 0.2) is 0 Å². The van der Waals surface area contributed by atoms with Crippen molar-refractivity contribution in [3.8, 4) is 0 Å². The third kappa shape index (κ3) is 4.91. The van der Waals surface area contributed by atoms with Gasteiger partial charge in [-0.25, -0.2) is 0 Å². The number of carbonyl (C=O) groups excluding carboxylic acids is 1. The third-order valence-corrected chi connectivity index (χ3v) is 2.74. The Hall–Kier alpha value is -0.530. The van der Waals surface area contributed by atoms with Gasteiger partial charge in [-0.15, -0.1) is 0 Å². The third-order valence-electron chi connectivity index (χ3n) is 2.74. The summed E-state index contributed by atoms with van der Waals surface area (Å²) < 4.78 is 4.59. The van der Waals surface area contributed by atoms with E-state index in [0.717, 1.165) is 18.3 Å². The van der Waals surface area contributed by atoms with Crippen LogP contribution in [0.3, 0.4) is 0 Å². The Morgan fingerprint density at radius 3 is 2.77 bits per heavy atom. The van der Waals surface area contributed by atoms with Gasteiger partial charge in [-0.1, -0.05) is 26.2 Å². The molecule has 0 aliphatic heterocycles. The quantitative estimate of drug-likeness (QED) is 0.593. The van der Waals surface area contributed by atoms with Crippen molar-refractivity contribution in [1.82, 2.24) is 0 Å². The molecule has 0 spiro atoms. The highest BCUT2D eigenvalue weighted by molar-refractivity contribution is 5.68. The molecule has 0 amide bonds. The van der Waals surface area contributed by atoms with Gasteiger partial charge in [0.05, 0.1) is 7.11 Å². The molecule has 1 rings (SSSR count). The molecule has 13 heavy (non-hydrogen) atoms. The first-order valence-electron chi connectivity index (χ1n) is 5.29. The van der Waals surface area contributed by atoms with Crippen LogP contribution >= 0.6 is 0 Å². The van der Waals surface area contributed by atoms with Crippen LogP contribution in [0.5, 0.6) is 0 Å². The van der Waals surface area contributed by atoms with Crippen molar-refractivity contribution in [3.63, 3.8) is 0 Å². The fraction of sp³-hybridized carbons (Fsp3) is 0.909. The Morgan fingerprint density at radius 2 is 2.23 bits per heavy atom. The molecule has 0 radical (unpaired) electrons. The van der Waals surface area contributed by atoms with Crippen LogP contribution in [0.25, 0.3) is 0 Å². The van der Waals surface area contributed by atoms with Crippen molar-refractivity contribution >= 4 is 5.97 Å². The summed E-state index contributed by atoms with van der Waals surface area (Å²) in [6.07, 6.45) is 6.97. The summed E-state index contributed by atoms with van der Waals surface area (Å²) in [5.74, 6) is 1.73. The second kappa shape index (κ2) is 5.25. The topological polar surface area (TPSA) is 26.3 Å². The van der Waals surface area contributed by atoms with Gasteiger partial charge < -0.3 is 4.74 Å². The first-order chi connectivity index (χ1) is 6.22. The van der Waals surface area contributed by atoms with Gasteiger partial charge in [0.25, 0.3) is 0 Å². The SMILES string of the molecule is COC(=O)CCCC(C)CC1CC1. The van der Waals surface area contributed by atoms with Crippen molar-refractivity contribution < 1.29 is 9.53 Å². The number of methoxy groups -OCH3 is 1. The van der Waals surface area contributed by atoms with Gasteiger partial charge in [-0.3, -0.25) is 4.79 Å². The Kier molecular flexibility index (Phi) is 4.26. The van der Waals surface area contributed by atoms with E-state index in [2.05, 4.69) is 11.7 Å². The predicted molar refractivity (Wildman–Crippen MR) is 52.4 cm³/mol. The molecule has 2 heteroatoms. The molecular weight excluding hydrogens is 164 g/mol. The molecular formula is C11H20O2. The van der Waals surface area contributed by atoms with Crippen molar-refractivity contribution in [2.75, 3.05) is 7.11 Å². The van der Waals surface area contributed by atoms with Gasteiger partial charge in [0.15, 0.2) is 0 Å². The molecule has 0 saturated heterocycles. The van der Waals surface area contributed by atoms with E-state index in [9.17, 15) is 4.79 Å². The zero-order valence-corrected chi connectivity index (χ0v) is 8.71. The molecule has 0 bridgehead atoms. The molecule has 1 aliphatic rings. The summed E-state index contributed by atoms with van der Waals surface area (Å²) in [5, 5.41) is 0. The van der Waals surface area contributed by atoms with Gasteiger partial charge in [0.1, 0.15) is 0 Å². The second-order valence-corrected chi connectivity index (χ2v) is 4.25. The van der Waals surface area contributed by atoms with Gasteiger partial charge >= 0.3 is 5.97 Å². The summed E-state index contributed by atoms with van der Waals surface area (Å²) in [5.41, 5.74) is 0. The van der Waals surface area contributed by atoms with E-state index in [-0.39, 0.29) is 5.97 Å². The molecule has 0 aromatic carbocycles. The average molecular weight is 184 g/mol. The lowest BCUT2D eigenvalue weighted by atomic mass is 9.98. The van der Waals surface area contributed by atoms with Gasteiger partial charge in [-0.2, -0.15) is 0 Å². The maximum atomic E-state index is 10.8. The number of carbonyl (C=O) groups is 1. The maximum absolute atomic E-state index is 10.8. The lowest BCUT2D eigenvalue weighted by Crippen LogP contribution is -2.02. The molecule has 1 saturated carbocycles. The minimum absolute atomic E-state index is 0.0707. The Balaban J connectivity index is 1.94. The van der Waals surface area contributed by atoms with Crippen molar-refractivity contribution in [2.24, 2.45) is 11.8 Å². The van der Waals surface area contributed by atoms with E-state index in [4.69, 9.17) is 0 Å². The van der Waals surface area contributed by atoms with Crippen LogP contribution < -0.4 is 0 Å².